The van der Waals surface area contributed by atoms with Crippen LogP contribution in [0.1, 0.15) is 33.5 Å². The summed E-state index contributed by atoms with van der Waals surface area (Å²) in [6.07, 6.45) is 2.24. The van der Waals surface area contributed by atoms with Crippen molar-refractivity contribution in [3.05, 3.63) is 63.1 Å². The molecule has 0 aromatic heterocycles. The molecule has 0 bridgehead atoms. The van der Waals surface area contributed by atoms with Gasteiger partial charge in [0.05, 0.1) is 16.1 Å². The van der Waals surface area contributed by atoms with Crippen LogP contribution in [0.3, 0.4) is 0 Å². The molecule has 0 amide bonds. The van der Waals surface area contributed by atoms with Gasteiger partial charge in [0.1, 0.15) is 24.0 Å². The van der Waals surface area contributed by atoms with Gasteiger partial charge in [0, 0.05) is 32.4 Å². The minimum atomic E-state index is -0.510. The summed E-state index contributed by atoms with van der Waals surface area (Å²) in [5, 5.41) is 0.219. The lowest BCUT2D eigenvalue weighted by Crippen LogP contribution is -2.33. The molecule has 0 atom stereocenters. The monoisotopic (exact) mass is 417 g/mol. The van der Waals surface area contributed by atoms with Gasteiger partial charge < -0.3 is 14.2 Å². The summed E-state index contributed by atoms with van der Waals surface area (Å²) in [5.41, 5.74) is 2.21. The Morgan fingerprint density at radius 1 is 1.38 bits per heavy atom. The van der Waals surface area contributed by atoms with E-state index in [9.17, 15) is 9.18 Å². The Balaban J connectivity index is 1.68. The van der Waals surface area contributed by atoms with Crippen molar-refractivity contribution < 1.29 is 23.4 Å². The van der Waals surface area contributed by atoms with Gasteiger partial charge in [-0.3, -0.25) is 9.69 Å². The molecule has 0 fully saturated rings. The molecule has 7 heteroatoms. The molecule has 2 aliphatic rings. The fourth-order valence-corrected chi connectivity index (χ4v) is 3.85. The lowest BCUT2D eigenvalue weighted by atomic mass is 9.98. The van der Waals surface area contributed by atoms with Crippen molar-refractivity contribution in [2.24, 2.45) is 0 Å². The Hall–Kier alpha value is -2.41. The van der Waals surface area contributed by atoms with Crippen LogP contribution in [0.4, 0.5) is 4.39 Å². The maximum absolute atomic E-state index is 14.2. The molecule has 2 aromatic rings. The Kier molecular flexibility index (Phi) is 5.58. The standard InChI is InChI=1S/C22H21ClFNO4/c1-13-9-18-15(11-25(12-28-18)7-4-8-27-2)22-20(13)21(26)19(29-22)10-14-16(23)5-3-6-17(14)24/h3,5-6,9-10H,4,7-8,11-12H2,1-2H3/b19-10-. The number of carbonyl (C=O) groups excluding carboxylic acids is 1. The average Bonchev–Trinajstić information content (AvgIpc) is 3.03. The number of Topliss-reactive ketones (excluding diaryl/α,β-unsaturated/α-hetero) is 1. The quantitative estimate of drug-likeness (QED) is 0.526. The number of benzene rings is 2. The van der Waals surface area contributed by atoms with Crippen molar-refractivity contribution in [3.63, 3.8) is 0 Å². The van der Waals surface area contributed by atoms with Crippen LogP contribution in [0.25, 0.3) is 6.08 Å². The van der Waals surface area contributed by atoms with Crippen molar-refractivity contribution in [1.82, 2.24) is 4.90 Å². The predicted molar refractivity (Wildman–Crippen MR) is 108 cm³/mol. The van der Waals surface area contributed by atoms with Gasteiger partial charge in [0.15, 0.2) is 5.76 Å². The molecule has 152 valence electrons. The Bertz CT molecular complexity index is 985. The molecule has 2 heterocycles. The van der Waals surface area contributed by atoms with Crippen LogP contribution < -0.4 is 9.47 Å². The highest BCUT2D eigenvalue weighted by Crippen LogP contribution is 2.44. The van der Waals surface area contributed by atoms with Crippen molar-refractivity contribution in [2.45, 2.75) is 19.9 Å². The Labute approximate surface area is 173 Å². The maximum Gasteiger partial charge on any atom is 0.232 e. The summed E-state index contributed by atoms with van der Waals surface area (Å²) < 4.78 is 31.1. The SMILES string of the molecule is COCCCN1COc2cc(C)c3c(c2C1)O/C(=C\c1c(F)cccc1Cl)C3=O. The molecule has 29 heavy (non-hydrogen) atoms. The predicted octanol–water partition coefficient (Wildman–Crippen LogP) is 4.59. The Morgan fingerprint density at radius 3 is 2.97 bits per heavy atom. The van der Waals surface area contributed by atoms with Crippen molar-refractivity contribution >= 4 is 23.5 Å². The lowest BCUT2D eigenvalue weighted by molar-refractivity contribution is 0.0822. The summed E-state index contributed by atoms with van der Waals surface area (Å²) in [5.74, 6) is 0.460. The summed E-state index contributed by atoms with van der Waals surface area (Å²) in [4.78, 5) is 15.1. The summed E-state index contributed by atoms with van der Waals surface area (Å²) in [6.45, 7) is 4.38. The molecular formula is C22H21ClFNO4. The number of aryl methyl sites for hydroxylation is 1. The highest BCUT2D eigenvalue weighted by atomic mass is 35.5. The number of allylic oxidation sites excluding steroid dienone is 1. The molecular weight excluding hydrogens is 397 g/mol. The van der Waals surface area contributed by atoms with E-state index in [2.05, 4.69) is 4.90 Å². The molecule has 2 aliphatic heterocycles. The van der Waals surface area contributed by atoms with E-state index in [4.69, 9.17) is 25.8 Å². The number of hydrogen-bond acceptors (Lipinski definition) is 5. The topological polar surface area (TPSA) is 48.0 Å². The first-order valence-electron chi connectivity index (χ1n) is 9.38. The van der Waals surface area contributed by atoms with Gasteiger partial charge in [-0.1, -0.05) is 17.7 Å². The third-order valence-corrected chi connectivity index (χ3v) is 5.42. The van der Waals surface area contributed by atoms with Gasteiger partial charge in [-0.2, -0.15) is 0 Å². The van der Waals surface area contributed by atoms with Gasteiger partial charge in [-0.15, -0.1) is 0 Å². The first kappa shape index (κ1) is 19.9. The van der Waals surface area contributed by atoms with E-state index in [0.717, 1.165) is 24.1 Å². The van der Waals surface area contributed by atoms with E-state index in [-0.39, 0.29) is 22.1 Å². The number of ketones is 1. The molecule has 5 nitrogen and oxygen atoms in total. The van der Waals surface area contributed by atoms with E-state index in [1.54, 1.807) is 13.2 Å². The summed E-state index contributed by atoms with van der Waals surface area (Å²) in [7, 11) is 1.67. The van der Waals surface area contributed by atoms with Crippen LogP contribution in [-0.4, -0.2) is 37.7 Å². The van der Waals surface area contributed by atoms with Crippen LogP contribution in [0.15, 0.2) is 30.0 Å². The molecule has 4 rings (SSSR count). The van der Waals surface area contributed by atoms with Gasteiger partial charge in [0.2, 0.25) is 5.78 Å². The molecule has 0 spiro atoms. The van der Waals surface area contributed by atoms with Crippen molar-refractivity contribution in [2.75, 3.05) is 27.0 Å². The number of methoxy groups -OCH3 is 1. The van der Waals surface area contributed by atoms with Gasteiger partial charge >= 0.3 is 0 Å². The van der Waals surface area contributed by atoms with E-state index >= 15 is 0 Å². The van der Waals surface area contributed by atoms with E-state index in [0.29, 0.717) is 36.9 Å². The van der Waals surface area contributed by atoms with Crippen LogP contribution in [0.5, 0.6) is 11.5 Å². The van der Waals surface area contributed by atoms with E-state index in [1.807, 2.05) is 13.0 Å². The average molecular weight is 418 g/mol. The second kappa shape index (κ2) is 8.14. The number of fused-ring (bicyclic) bond motifs is 3. The van der Waals surface area contributed by atoms with Crippen LogP contribution in [0, 0.1) is 12.7 Å². The molecule has 2 aromatic carbocycles. The number of nitrogens with zero attached hydrogens (tertiary/aromatic N) is 1. The zero-order valence-electron chi connectivity index (χ0n) is 16.3. The first-order chi connectivity index (χ1) is 14.0. The lowest BCUT2D eigenvalue weighted by Gasteiger charge is -2.30. The molecule has 0 unspecified atom stereocenters. The molecule has 0 radical (unpaired) electrons. The minimum Gasteiger partial charge on any atom is -0.478 e. The second-order valence-corrected chi connectivity index (χ2v) is 7.53. The molecule has 0 saturated carbocycles. The minimum absolute atomic E-state index is 0.0556. The number of carbonyl (C=O) groups is 1. The summed E-state index contributed by atoms with van der Waals surface area (Å²) in [6, 6.07) is 6.24. The molecule has 0 saturated heterocycles. The number of ether oxygens (including phenoxy) is 3. The Morgan fingerprint density at radius 2 is 2.21 bits per heavy atom. The molecule has 0 N–H and O–H groups in total. The first-order valence-corrected chi connectivity index (χ1v) is 9.76. The smallest absolute Gasteiger partial charge is 0.232 e. The fourth-order valence-electron chi connectivity index (χ4n) is 3.63. The zero-order chi connectivity index (χ0) is 20.5. The normalized spacial score (nSPS) is 17.1. The van der Waals surface area contributed by atoms with Crippen LogP contribution in [-0.2, 0) is 11.3 Å². The fraction of sp³-hybridized carbons (Fsp3) is 0.318. The third-order valence-electron chi connectivity index (χ3n) is 5.09. The highest BCUT2D eigenvalue weighted by Gasteiger charge is 2.35. The second-order valence-electron chi connectivity index (χ2n) is 7.12. The maximum atomic E-state index is 14.2. The van der Waals surface area contributed by atoms with Gasteiger partial charge in [0.25, 0.3) is 0 Å². The third kappa shape index (κ3) is 3.75. The van der Waals surface area contributed by atoms with E-state index in [1.165, 1.54) is 18.2 Å². The number of rotatable bonds is 5. The molecule has 0 aliphatic carbocycles. The largest absolute Gasteiger partial charge is 0.478 e. The number of hydrogen-bond donors (Lipinski definition) is 0. The van der Waals surface area contributed by atoms with Crippen LogP contribution >= 0.6 is 11.6 Å². The van der Waals surface area contributed by atoms with Crippen molar-refractivity contribution in [1.29, 1.82) is 0 Å². The summed E-state index contributed by atoms with van der Waals surface area (Å²) >= 11 is 6.10. The highest BCUT2D eigenvalue weighted by molar-refractivity contribution is 6.32. The van der Waals surface area contributed by atoms with Gasteiger partial charge in [-0.25, -0.2) is 4.39 Å². The van der Waals surface area contributed by atoms with Crippen molar-refractivity contribution in [3.8, 4) is 11.5 Å². The number of halogens is 2. The van der Waals surface area contributed by atoms with Gasteiger partial charge in [-0.05, 0) is 43.2 Å². The van der Waals surface area contributed by atoms with Crippen LogP contribution in [0.2, 0.25) is 5.02 Å². The van der Waals surface area contributed by atoms with E-state index < -0.39 is 5.82 Å². The zero-order valence-corrected chi connectivity index (χ0v) is 17.0.